The number of furan rings is 1. The Morgan fingerprint density at radius 2 is 1.87 bits per heavy atom. The molecule has 0 saturated carbocycles. The lowest BCUT2D eigenvalue weighted by Gasteiger charge is -2.17. The lowest BCUT2D eigenvalue weighted by Crippen LogP contribution is -2.29. The number of hydrogen-bond acceptors (Lipinski definition) is 2. The predicted molar refractivity (Wildman–Crippen MR) is 92.6 cm³/mol. The van der Waals surface area contributed by atoms with Crippen LogP contribution >= 0.6 is 15.9 Å². The third-order valence-corrected chi connectivity index (χ3v) is 4.75. The fraction of sp³-hybridized carbons (Fsp3) is 0.278. The molecule has 0 unspecified atom stereocenters. The van der Waals surface area contributed by atoms with E-state index >= 15 is 0 Å². The molecule has 3 aromatic rings. The van der Waals surface area contributed by atoms with Gasteiger partial charge in [-0.1, -0.05) is 30.3 Å². The minimum atomic E-state index is 0.0981. The fourth-order valence-corrected chi connectivity index (χ4v) is 3.60. The van der Waals surface area contributed by atoms with E-state index in [1.54, 1.807) is 0 Å². The molecule has 4 nitrogen and oxygen atoms in total. The molecule has 1 saturated heterocycles. The molecule has 1 fully saturated rings. The van der Waals surface area contributed by atoms with Gasteiger partial charge in [-0.25, -0.2) is 0 Å². The minimum absolute atomic E-state index is 0.0981. The Labute approximate surface area is 142 Å². The van der Waals surface area contributed by atoms with Gasteiger partial charge in [0.1, 0.15) is 5.69 Å². The van der Waals surface area contributed by atoms with Crippen LogP contribution in [0.3, 0.4) is 0 Å². The summed E-state index contributed by atoms with van der Waals surface area (Å²) in [7, 11) is 0. The zero-order chi connectivity index (χ0) is 15.8. The molecule has 3 heterocycles. The van der Waals surface area contributed by atoms with Crippen LogP contribution in [0.2, 0.25) is 0 Å². The highest BCUT2D eigenvalue weighted by Gasteiger charge is 2.25. The topological polar surface area (TPSA) is 38.4 Å². The lowest BCUT2D eigenvalue weighted by atomic mass is 10.2. The molecule has 0 bridgehead atoms. The fourth-order valence-electron chi connectivity index (χ4n) is 3.21. The highest BCUT2D eigenvalue weighted by atomic mass is 79.9. The first kappa shape index (κ1) is 14.6. The van der Waals surface area contributed by atoms with Crippen molar-refractivity contribution in [1.82, 2.24) is 9.47 Å². The van der Waals surface area contributed by atoms with E-state index < -0.39 is 0 Å². The quantitative estimate of drug-likeness (QED) is 0.687. The standard InChI is InChI=1S/C18H17BrN2O2/c19-17-11-14-16(23-17)10-15(18(22)20-8-4-5-9-20)21(14)12-13-6-2-1-3-7-13/h1-3,6-7,10-11H,4-5,8-9,12H2. The Kier molecular flexibility index (Phi) is 3.73. The van der Waals surface area contributed by atoms with Crippen molar-refractivity contribution in [1.29, 1.82) is 0 Å². The number of halogens is 1. The van der Waals surface area contributed by atoms with Crippen LogP contribution in [-0.2, 0) is 6.54 Å². The highest BCUT2D eigenvalue weighted by Crippen LogP contribution is 2.29. The molecule has 118 valence electrons. The third-order valence-electron chi connectivity index (χ3n) is 4.36. The highest BCUT2D eigenvalue weighted by molar-refractivity contribution is 9.10. The van der Waals surface area contributed by atoms with Gasteiger partial charge in [-0.3, -0.25) is 4.79 Å². The van der Waals surface area contributed by atoms with Crippen LogP contribution in [0.5, 0.6) is 0 Å². The number of rotatable bonds is 3. The van der Waals surface area contributed by atoms with Gasteiger partial charge in [0.25, 0.3) is 5.91 Å². The first-order valence-corrected chi connectivity index (χ1v) is 8.63. The molecule has 5 heteroatoms. The van der Waals surface area contributed by atoms with Gasteiger partial charge >= 0.3 is 0 Å². The van der Waals surface area contributed by atoms with Gasteiger partial charge in [0, 0.05) is 31.8 Å². The second-order valence-electron chi connectivity index (χ2n) is 5.90. The summed E-state index contributed by atoms with van der Waals surface area (Å²) in [6.45, 7) is 2.35. The Balaban J connectivity index is 1.78. The van der Waals surface area contributed by atoms with E-state index in [1.807, 2.05) is 35.2 Å². The molecule has 1 amide bonds. The number of nitrogens with zero attached hydrogens (tertiary/aromatic N) is 2. The number of hydrogen-bond donors (Lipinski definition) is 0. The predicted octanol–water partition coefficient (Wildman–Crippen LogP) is 4.28. The van der Waals surface area contributed by atoms with E-state index in [0.29, 0.717) is 16.9 Å². The first-order chi connectivity index (χ1) is 11.2. The van der Waals surface area contributed by atoms with Crippen LogP contribution in [0.1, 0.15) is 28.9 Å². The molecule has 23 heavy (non-hydrogen) atoms. The number of likely N-dealkylation sites (tertiary alicyclic amines) is 1. The van der Waals surface area contributed by atoms with Crippen LogP contribution < -0.4 is 0 Å². The van der Waals surface area contributed by atoms with Gasteiger partial charge < -0.3 is 13.9 Å². The summed E-state index contributed by atoms with van der Waals surface area (Å²) >= 11 is 3.38. The molecule has 1 aromatic carbocycles. The second-order valence-corrected chi connectivity index (χ2v) is 6.68. The Hall–Kier alpha value is -2.01. The second kappa shape index (κ2) is 5.89. The zero-order valence-electron chi connectivity index (χ0n) is 12.7. The average Bonchev–Trinajstić information content (AvgIpc) is 3.26. The van der Waals surface area contributed by atoms with Crippen LogP contribution in [0, 0.1) is 0 Å². The van der Waals surface area contributed by atoms with Crippen molar-refractivity contribution in [2.45, 2.75) is 19.4 Å². The molecule has 1 aliphatic rings. The van der Waals surface area contributed by atoms with E-state index in [1.165, 1.54) is 0 Å². The Morgan fingerprint density at radius 1 is 1.13 bits per heavy atom. The molecular weight excluding hydrogens is 356 g/mol. The van der Waals surface area contributed by atoms with Crippen LogP contribution in [-0.4, -0.2) is 28.5 Å². The lowest BCUT2D eigenvalue weighted by molar-refractivity contribution is 0.0783. The number of carbonyl (C=O) groups excluding carboxylic acids is 1. The molecule has 4 rings (SSSR count). The molecule has 0 aliphatic carbocycles. The van der Waals surface area contributed by atoms with E-state index in [4.69, 9.17) is 4.42 Å². The van der Waals surface area contributed by atoms with Gasteiger partial charge in [-0.2, -0.15) is 0 Å². The molecule has 1 aliphatic heterocycles. The maximum absolute atomic E-state index is 12.9. The summed E-state index contributed by atoms with van der Waals surface area (Å²) in [5.41, 5.74) is 3.56. The van der Waals surface area contributed by atoms with Crippen molar-refractivity contribution >= 4 is 32.9 Å². The number of carbonyl (C=O) groups is 1. The van der Waals surface area contributed by atoms with E-state index in [0.717, 1.165) is 42.6 Å². The van der Waals surface area contributed by atoms with Crippen molar-refractivity contribution in [3.63, 3.8) is 0 Å². The van der Waals surface area contributed by atoms with Gasteiger partial charge in [-0.05, 0) is 34.3 Å². The van der Waals surface area contributed by atoms with Gasteiger partial charge in [0.2, 0.25) is 0 Å². The van der Waals surface area contributed by atoms with Crippen molar-refractivity contribution in [2.75, 3.05) is 13.1 Å². The number of fused-ring (bicyclic) bond motifs is 1. The van der Waals surface area contributed by atoms with E-state index in [9.17, 15) is 4.79 Å². The monoisotopic (exact) mass is 372 g/mol. The molecule has 2 aromatic heterocycles. The average molecular weight is 373 g/mol. The number of amides is 1. The maximum Gasteiger partial charge on any atom is 0.270 e. The first-order valence-electron chi connectivity index (χ1n) is 7.84. The summed E-state index contributed by atoms with van der Waals surface area (Å²) in [5, 5.41) is 0. The number of aromatic nitrogens is 1. The summed E-state index contributed by atoms with van der Waals surface area (Å²) in [6, 6.07) is 14.0. The van der Waals surface area contributed by atoms with Crippen molar-refractivity contribution < 1.29 is 9.21 Å². The van der Waals surface area contributed by atoms with Crippen LogP contribution in [0.25, 0.3) is 11.1 Å². The summed E-state index contributed by atoms with van der Waals surface area (Å²) in [6.07, 6.45) is 2.18. The smallest absolute Gasteiger partial charge is 0.270 e. The molecule has 0 spiro atoms. The summed E-state index contributed by atoms with van der Waals surface area (Å²) < 4.78 is 8.40. The van der Waals surface area contributed by atoms with E-state index in [-0.39, 0.29) is 5.91 Å². The zero-order valence-corrected chi connectivity index (χ0v) is 14.3. The summed E-state index contributed by atoms with van der Waals surface area (Å²) in [5.74, 6) is 0.0981. The normalized spacial score (nSPS) is 14.7. The van der Waals surface area contributed by atoms with Crippen molar-refractivity contribution in [2.24, 2.45) is 0 Å². The third kappa shape index (κ3) is 2.70. The molecule has 0 radical (unpaired) electrons. The maximum atomic E-state index is 12.9. The van der Waals surface area contributed by atoms with E-state index in [2.05, 4.69) is 32.6 Å². The number of benzene rings is 1. The summed E-state index contributed by atoms with van der Waals surface area (Å²) in [4.78, 5) is 14.8. The SMILES string of the molecule is O=C(c1cc2oc(Br)cc2n1Cc1ccccc1)N1CCCC1. The Morgan fingerprint density at radius 3 is 2.61 bits per heavy atom. The molecule has 0 N–H and O–H groups in total. The molecule has 0 atom stereocenters. The van der Waals surface area contributed by atoms with Crippen LogP contribution in [0.4, 0.5) is 0 Å². The van der Waals surface area contributed by atoms with Gasteiger partial charge in [0.05, 0.1) is 5.52 Å². The van der Waals surface area contributed by atoms with Crippen molar-refractivity contribution in [3.8, 4) is 0 Å². The van der Waals surface area contributed by atoms with Gasteiger partial charge in [0.15, 0.2) is 10.3 Å². The van der Waals surface area contributed by atoms with Crippen LogP contribution in [0.15, 0.2) is 51.6 Å². The molecular formula is C18H17BrN2O2. The van der Waals surface area contributed by atoms with Gasteiger partial charge in [-0.15, -0.1) is 0 Å². The Bertz CT molecular complexity index is 845. The largest absolute Gasteiger partial charge is 0.448 e. The van der Waals surface area contributed by atoms with Crippen molar-refractivity contribution in [3.05, 3.63) is 58.4 Å². The minimum Gasteiger partial charge on any atom is -0.448 e.